The number of H-pyrrole nitrogens is 2. The predicted octanol–water partition coefficient (Wildman–Crippen LogP) is 1.06. The number of nitrogens with two attached hydrogens (primary N) is 2. The van der Waals surface area contributed by atoms with Gasteiger partial charge in [0.1, 0.15) is 12.1 Å². The molecule has 12 heteroatoms. The minimum atomic E-state index is -1.17. The first-order chi connectivity index (χ1) is 20.3. The van der Waals surface area contributed by atoms with E-state index in [0.29, 0.717) is 19.4 Å². The van der Waals surface area contributed by atoms with E-state index >= 15 is 0 Å². The Balaban J connectivity index is 1.43. The summed E-state index contributed by atoms with van der Waals surface area (Å²) in [6.07, 6.45) is 5.37. The van der Waals surface area contributed by atoms with Crippen molar-refractivity contribution in [1.29, 1.82) is 0 Å². The van der Waals surface area contributed by atoms with Crippen LogP contribution >= 0.6 is 0 Å². The number of benzene rings is 2. The van der Waals surface area contributed by atoms with E-state index in [0.717, 1.165) is 32.9 Å². The molecule has 0 saturated carbocycles. The molecule has 2 aromatic carbocycles. The third kappa shape index (κ3) is 7.74. The van der Waals surface area contributed by atoms with Gasteiger partial charge in [-0.3, -0.25) is 14.4 Å². The fourth-order valence-corrected chi connectivity index (χ4v) is 4.92. The number of rotatable bonds is 15. The smallest absolute Gasteiger partial charge is 0.326 e. The zero-order chi connectivity index (χ0) is 30.1. The summed E-state index contributed by atoms with van der Waals surface area (Å²) >= 11 is 0. The predicted molar refractivity (Wildman–Crippen MR) is 159 cm³/mol. The molecule has 0 fully saturated rings. The molecular formula is C30H37N7O5. The highest BCUT2D eigenvalue weighted by molar-refractivity contribution is 5.94. The average Bonchev–Trinajstić information content (AvgIpc) is 3.59. The Labute approximate surface area is 242 Å². The number of carboxylic acids is 1. The zero-order valence-corrected chi connectivity index (χ0v) is 23.2. The van der Waals surface area contributed by atoms with Crippen LogP contribution in [0.25, 0.3) is 21.8 Å². The Morgan fingerprint density at radius 2 is 1.38 bits per heavy atom. The SMILES string of the molecule is NCCCCC(NC(=O)CNC(=O)C(Cc1c[nH]c2ccccc12)NC(=O)C(N)Cc1c[nH]c2ccccc12)C(=O)O. The van der Waals surface area contributed by atoms with Crippen molar-refractivity contribution in [2.45, 2.75) is 50.2 Å². The normalized spacial score (nSPS) is 13.4. The summed E-state index contributed by atoms with van der Waals surface area (Å²) in [6, 6.07) is 12.2. The number of nitrogens with one attached hydrogen (secondary N) is 5. The van der Waals surface area contributed by atoms with Crippen LogP contribution in [-0.4, -0.2) is 70.0 Å². The van der Waals surface area contributed by atoms with Crippen molar-refractivity contribution in [2.24, 2.45) is 11.5 Å². The quantitative estimate of drug-likeness (QED) is 0.0966. The fourth-order valence-electron chi connectivity index (χ4n) is 4.92. The number of hydrogen-bond donors (Lipinski definition) is 8. The van der Waals surface area contributed by atoms with Crippen molar-refractivity contribution >= 4 is 45.5 Å². The maximum Gasteiger partial charge on any atom is 0.326 e. The number of aromatic amines is 2. The minimum Gasteiger partial charge on any atom is -0.480 e. The summed E-state index contributed by atoms with van der Waals surface area (Å²) in [5.41, 5.74) is 15.2. The molecule has 2 aromatic heterocycles. The second-order valence-electron chi connectivity index (χ2n) is 10.3. The molecule has 0 aliphatic rings. The Bertz CT molecular complexity index is 1550. The molecule has 0 bridgehead atoms. The number of carbonyl (C=O) groups is 4. The Morgan fingerprint density at radius 3 is 1.98 bits per heavy atom. The number of unbranched alkanes of at least 4 members (excludes halogenated alkanes) is 1. The van der Waals surface area contributed by atoms with Gasteiger partial charge in [-0.1, -0.05) is 36.4 Å². The molecule has 0 radical (unpaired) electrons. The maximum absolute atomic E-state index is 13.3. The monoisotopic (exact) mass is 575 g/mol. The molecule has 12 nitrogen and oxygen atoms in total. The lowest BCUT2D eigenvalue weighted by atomic mass is 10.0. The number of fused-ring (bicyclic) bond motifs is 2. The molecule has 0 aliphatic carbocycles. The van der Waals surface area contributed by atoms with Crippen molar-refractivity contribution < 1.29 is 24.3 Å². The number of hydrogen-bond acceptors (Lipinski definition) is 6. The van der Waals surface area contributed by atoms with Gasteiger partial charge in [0.2, 0.25) is 17.7 Å². The average molecular weight is 576 g/mol. The number of aromatic nitrogens is 2. The van der Waals surface area contributed by atoms with E-state index in [1.54, 1.807) is 6.20 Å². The number of para-hydroxylation sites is 2. The summed E-state index contributed by atoms with van der Waals surface area (Å²) in [4.78, 5) is 56.9. The first-order valence-electron chi connectivity index (χ1n) is 13.9. The first-order valence-corrected chi connectivity index (χ1v) is 13.9. The maximum atomic E-state index is 13.3. The Morgan fingerprint density at radius 1 is 0.786 bits per heavy atom. The van der Waals surface area contributed by atoms with E-state index < -0.39 is 48.4 Å². The molecule has 0 spiro atoms. The summed E-state index contributed by atoms with van der Waals surface area (Å²) < 4.78 is 0. The molecule has 4 aromatic rings. The van der Waals surface area contributed by atoms with Crippen LogP contribution in [0.3, 0.4) is 0 Å². The van der Waals surface area contributed by atoms with E-state index in [4.69, 9.17) is 11.5 Å². The van der Waals surface area contributed by atoms with Crippen LogP contribution in [0.1, 0.15) is 30.4 Å². The van der Waals surface area contributed by atoms with Crippen LogP contribution in [0.15, 0.2) is 60.9 Å². The third-order valence-corrected chi connectivity index (χ3v) is 7.19. The Kier molecular flexibility index (Phi) is 10.3. The second-order valence-corrected chi connectivity index (χ2v) is 10.3. The molecule has 3 atom stereocenters. The van der Waals surface area contributed by atoms with Crippen LogP contribution in [0.2, 0.25) is 0 Å². The van der Waals surface area contributed by atoms with Crippen LogP contribution in [0, 0.1) is 0 Å². The van der Waals surface area contributed by atoms with E-state index in [1.165, 1.54) is 0 Å². The van der Waals surface area contributed by atoms with E-state index in [-0.39, 0.29) is 19.3 Å². The summed E-state index contributed by atoms with van der Waals surface area (Å²) in [5.74, 6) is -2.94. The van der Waals surface area contributed by atoms with Gasteiger partial charge in [0.25, 0.3) is 0 Å². The molecule has 42 heavy (non-hydrogen) atoms. The zero-order valence-electron chi connectivity index (χ0n) is 23.2. The minimum absolute atomic E-state index is 0.139. The molecule has 0 aliphatic heterocycles. The third-order valence-electron chi connectivity index (χ3n) is 7.19. The standard InChI is InChI=1S/C30H37N7O5/c31-12-6-5-11-25(30(41)42)36-27(38)17-35-29(40)26(14-19-16-34-24-10-4-2-8-21(19)24)37-28(39)22(32)13-18-15-33-23-9-3-1-7-20(18)23/h1-4,7-10,15-16,22,25-26,33-34H,5-6,11-14,17,31-32H2,(H,35,40)(H,36,38)(H,37,39)(H,41,42). The van der Waals surface area contributed by atoms with Gasteiger partial charge in [0, 0.05) is 40.6 Å². The van der Waals surface area contributed by atoms with Gasteiger partial charge in [0.05, 0.1) is 12.6 Å². The highest BCUT2D eigenvalue weighted by Crippen LogP contribution is 2.20. The van der Waals surface area contributed by atoms with Gasteiger partial charge in [0.15, 0.2) is 0 Å². The molecule has 4 rings (SSSR count). The van der Waals surface area contributed by atoms with E-state index in [2.05, 4.69) is 25.9 Å². The molecule has 2 heterocycles. The van der Waals surface area contributed by atoms with Gasteiger partial charge < -0.3 is 42.5 Å². The topological polar surface area (TPSA) is 208 Å². The summed E-state index contributed by atoms with van der Waals surface area (Å²) in [5, 5.41) is 19.0. The van der Waals surface area contributed by atoms with Crippen molar-refractivity contribution in [3.63, 3.8) is 0 Å². The number of aliphatic carboxylic acids is 1. The van der Waals surface area contributed by atoms with Crippen LogP contribution < -0.4 is 27.4 Å². The van der Waals surface area contributed by atoms with Gasteiger partial charge >= 0.3 is 5.97 Å². The highest BCUT2D eigenvalue weighted by atomic mass is 16.4. The lowest BCUT2D eigenvalue weighted by Gasteiger charge is -2.21. The van der Waals surface area contributed by atoms with Crippen molar-refractivity contribution in [2.75, 3.05) is 13.1 Å². The van der Waals surface area contributed by atoms with Crippen LogP contribution in [0.5, 0.6) is 0 Å². The van der Waals surface area contributed by atoms with Crippen LogP contribution in [-0.2, 0) is 32.0 Å². The molecule has 0 saturated heterocycles. The number of amides is 3. The lowest BCUT2D eigenvalue weighted by molar-refractivity contribution is -0.142. The van der Waals surface area contributed by atoms with Gasteiger partial charge in [-0.05, 0) is 55.5 Å². The molecule has 3 unspecified atom stereocenters. The molecular weight excluding hydrogens is 538 g/mol. The van der Waals surface area contributed by atoms with Gasteiger partial charge in [-0.2, -0.15) is 0 Å². The van der Waals surface area contributed by atoms with Gasteiger partial charge in [-0.25, -0.2) is 4.79 Å². The molecule has 3 amide bonds. The van der Waals surface area contributed by atoms with Gasteiger partial charge in [-0.15, -0.1) is 0 Å². The molecule has 222 valence electrons. The summed E-state index contributed by atoms with van der Waals surface area (Å²) in [6.45, 7) is -0.0352. The first kappa shape index (κ1) is 30.3. The van der Waals surface area contributed by atoms with Crippen molar-refractivity contribution in [1.82, 2.24) is 25.9 Å². The number of carboxylic acid groups (broad SMARTS) is 1. The fraction of sp³-hybridized carbons (Fsp3) is 0.333. The van der Waals surface area contributed by atoms with E-state index in [1.807, 2.05) is 54.7 Å². The number of carbonyl (C=O) groups excluding carboxylic acids is 3. The summed E-state index contributed by atoms with van der Waals surface area (Å²) in [7, 11) is 0. The second kappa shape index (κ2) is 14.3. The van der Waals surface area contributed by atoms with Crippen LogP contribution in [0.4, 0.5) is 0 Å². The lowest BCUT2D eigenvalue weighted by Crippen LogP contribution is -2.54. The largest absolute Gasteiger partial charge is 0.480 e. The van der Waals surface area contributed by atoms with Crippen molar-refractivity contribution in [3.05, 3.63) is 72.1 Å². The van der Waals surface area contributed by atoms with Crippen molar-refractivity contribution in [3.8, 4) is 0 Å². The molecule has 10 N–H and O–H groups in total. The highest BCUT2D eigenvalue weighted by Gasteiger charge is 2.27. The Hall–Kier alpha value is -4.68. The van der Waals surface area contributed by atoms with E-state index in [9.17, 15) is 24.3 Å².